The lowest BCUT2D eigenvalue weighted by atomic mass is 10.2. The molecule has 148 valence electrons. The summed E-state index contributed by atoms with van der Waals surface area (Å²) in [4.78, 5) is 4.50. The Kier molecular flexibility index (Phi) is 5.25. The summed E-state index contributed by atoms with van der Waals surface area (Å²) in [7, 11) is -2.05. The van der Waals surface area contributed by atoms with Gasteiger partial charge in [-0.2, -0.15) is 4.98 Å². The maximum Gasteiger partial charge on any atom is 0.293 e. The average Bonchev–Trinajstić information content (AvgIpc) is 3.38. The van der Waals surface area contributed by atoms with E-state index in [-0.39, 0.29) is 22.3 Å². The Balaban J connectivity index is 1.53. The van der Waals surface area contributed by atoms with Crippen molar-refractivity contribution in [3.63, 3.8) is 0 Å². The van der Waals surface area contributed by atoms with Crippen LogP contribution in [0.1, 0.15) is 5.76 Å². The molecule has 0 saturated heterocycles. The van der Waals surface area contributed by atoms with Gasteiger partial charge in [0.15, 0.2) is 15.6 Å². The van der Waals surface area contributed by atoms with Crippen LogP contribution in [0, 0.1) is 0 Å². The van der Waals surface area contributed by atoms with Gasteiger partial charge in [-0.15, -0.1) is 0 Å². The molecule has 0 aliphatic rings. The fraction of sp³-hybridized carbons (Fsp3) is 0.100. The largest absolute Gasteiger partial charge is 0.497 e. The third-order valence-corrected chi connectivity index (χ3v) is 6.34. The number of nitrogens with zero attached hydrogens (tertiary/aromatic N) is 2. The van der Waals surface area contributed by atoms with Crippen LogP contribution in [0.25, 0.3) is 23.0 Å². The van der Waals surface area contributed by atoms with Gasteiger partial charge in [0.05, 0.1) is 12.0 Å². The summed E-state index contributed by atoms with van der Waals surface area (Å²) in [5.41, 5.74) is 0.789. The van der Waals surface area contributed by atoms with Gasteiger partial charge >= 0.3 is 0 Å². The van der Waals surface area contributed by atoms with Gasteiger partial charge < -0.3 is 13.7 Å². The van der Waals surface area contributed by atoms with Crippen molar-refractivity contribution in [1.29, 1.82) is 0 Å². The molecule has 2 aromatic carbocycles. The second-order valence-corrected chi connectivity index (χ2v) is 9.04. The van der Waals surface area contributed by atoms with E-state index in [4.69, 9.17) is 13.7 Å². The second kappa shape index (κ2) is 7.84. The Labute approximate surface area is 175 Å². The molecule has 0 bridgehead atoms. The van der Waals surface area contributed by atoms with Crippen LogP contribution in [0.5, 0.6) is 5.75 Å². The summed E-state index contributed by atoms with van der Waals surface area (Å²) in [6.45, 7) is 0. The molecule has 7 nitrogen and oxygen atoms in total. The van der Waals surface area contributed by atoms with E-state index in [0.29, 0.717) is 17.3 Å². The summed E-state index contributed by atoms with van der Waals surface area (Å²) < 4.78 is 42.1. The topological polar surface area (TPSA) is 95.4 Å². The summed E-state index contributed by atoms with van der Waals surface area (Å²) in [6.07, 6.45) is 0. The van der Waals surface area contributed by atoms with Gasteiger partial charge in [0, 0.05) is 10.0 Å². The number of methoxy groups -OCH3 is 1. The van der Waals surface area contributed by atoms with E-state index in [2.05, 4.69) is 26.1 Å². The van der Waals surface area contributed by atoms with Crippen LogP contribution < -0.4 is 4.74 Å². The molecule has 0 spiro atoms. The van der Waals surface area contributed by atoms with Gasteiger partial charge in [0.25, 0.3) is 5.89 Å². The minimum atomic E-state index is -3.57. The number of hydrogen-bond acceptors (Lipinski definition) is 7. The minimum Gasteiger partial charge on any atom is -0.497 e. The lowest BCUT2D eigenvalue weighted by molar-refractivity contribution is 0.413. The van der Waals surface area contributed by atoms with Gasteiger partial charge in [0.1, 0.15) is 17.3 Å². The molecule has 2 heterocycles. The first-order valence-corrected chi connectivity index (χ1v) is 10.9. The molecule has 0 amide bonds. The molecule has 0 N–H and O–H groups in total. The Morgan fingerprint density at radius 1 is 1.00 bits per heavy atom. The fourth-order valence-electron chi connectivity index (χ4n) is 2.66. The maximum absolute atomic E-state index is 12.6. The highest BCUT2D eigenvalue weighted by Gasteiger charge is 2.20. The first kappa shape index (κ1) is 19.4. The molecule has 0 atom stereocenters. The smallest absolute Gasteiger partial charge is 0.293 e. The molecule has 4 rings (SSSR count). The molecule has 0 radical (unpaired) electrons. The number of aromatic nitrogens is 2. The molecule has 0 fully saturated rings. The van der Waals surface area contributed by atoms with Crippen LogP contribution in [0.2, 0.25) is 0 Å². The molecule has 0 saturated carbocycles. The second-order valence-electron chi connectivity index (χ2n) is 6.13. The van der Waals surface area contributed by atoms with Crippen LogP contribution in [0.15, 0.2) is 79.0 Å². The zero-order valence-electron chi connectivity index (χ0n) is 15.2. The zero-order chi connectivity index (χ0) is 20.4. The standard InChI is InChI=1S/C20H15BrN2O5S/c1-26-15-6-9-17(10-7-15)29(24,25)12-16-8-11-18(27-16)20-22-19(23-28-20)13-2-4-14(21)5-3-13/h2-11H,12H2,1H3. The zero-order valence-corrected chi connectivity index (χ0v) is 17.6. The monoisotopic (exact) mass is 474 g/mol. The molecule has 0 aliphatic carbocycles. The van der Waals surface area contributed by atoms with Crippen molar-refractivity contribution in [2.45, 2.75) is 10.6 Å². The lowest BCUT2D eigenvalue weighted by Crippen LogP contribution is -2.04. The van der Waals surface area contributed by atoms with Crippen molar-refractivity contribution in [3.8, 4) is 28.8 Å². The van der Waals surface area contributed by atoms with Gasteiger partial charge in [-0.25, -0.2) is 8.42 Å². The van der Waals surface area contributed by atoms with E-state index in [9.17, 15) is 8.42 Å². The molecular formula is C20H15BrN2O5S. The molecule has 0 unspecified atom stereocenters. The quantitative estimate of drug-likeness (QED) is 0.398. The number of benzene rings is 2. The van der Waals surface area contributed by atoms with Crippen molar-refractivity contribution in [2.24, 2.45) is 0 Å². The Morgan fingerprint density at radius 2 is 1.72 bits per heavy atom. The van der Waals surface area contributed by atoms with E-state index in [1.807, 2.05) is 24.3 Å². The minimum absolute atomic E-state index is 0.177. The number of sulfone groups is 1. The third kappa shape index (κ3) is 4.25. The van der Waals surface area contributed by atoms with Crippen molar-refractivity contribution in [2.75, 3.05) is 7.11 Å². The highest BCUT2D eigenvalue weighted by molar-refractivity contribution is 9.10. The molecular weight excluding hydrogens is 460 g/mol. The van der Waals surface area contributed by atoms with Gasteiger partial charge in [-0.3, -0.25) is 0 Å². The van der Waals surface area contributed by atoms with Crippen LogP contribution in [-0.2, 0) is 15.6 Å². The number of furan rings is 1. The predicted molar refractivity (Wildman–Crippen MR) is 109 cm³/mol. The number of halogens is 1. The van der Waals surface area contributed by atoms with Gasteiger partial charge in [-0.1, -0.05) is 21.1 Å². The van der Waals surface area contributed by atoms with Crippen LogP contribution >= 0.6 is 15.9 Å². The summed E-state index contributed by atoms with van der Waals surface area (Å²) in [5.74, 6) is 1.47. The lowest BCUT2D eigenvalue weighted by Gasteiger charge is -2.04. The summed E-state index contributed by atoms with van der Waals surface area (Å²) in [5, 5.41) is 3.95. The molecule has 4 aromatic rings. The van der Waals surface area contributed by atoms with Crippen LogP contribution in [0.4, 0.5) is 0 Å². The van der Waals surface area contributed by atoms with Gasteiger partial charge in [-0.05, 0) is 60.7 Å². The van der Waals surface area contributed by atoms with E-state index >= 15 is 0 Å². The highest BCUT2D eigenvalue weighted by atomic mass is 79.9. The van der Waals surface area contributed by atoms with Crippen LogP contribution in [-0.4, -0.2) is 25.7 Å². The number of ether oxygens (including phenoxy) is 1. The molecule has 2 aromatic heterocycles. The predicted octanol–water partition coefficient (Wildman–Crippen LogP) is 4.74. The van der Waals surface area contributed by atoms with Crippen molar-refractivity contribution >= 4 is 25.8 Å². The average molecular weight is 475 g/mol. The number of rotatable bonds is 6. The first-order chi connectivity index (χ1) is 13.9. The molecule has 29 heavy (non-hydrogen) atoms. The number of hydrogen-bond donors (Lipinski definition) is 0. The fourth-order valence-corrected chi connectivity index (χ4v) is 4.18. The van der Waals surface area contributed by atoms with Crippen LogP contribution in [0.3, 0.4) is 0 Å². The van der Waals surface area contributed by atoms with Crippen molar-refractivity contribution in [3.05, 3.63) is 70.9 Å². The molecule has 0 aliphatic heterocycles. The summed E-state index contributed by atoms with van der Waals surface area (Å²) >= 11 is 3.38. The maximum atomic E-state index is 12.6. The van der Waals surface area contributed by atoms with E-state index in [1.165, 1.54) is 19.2 Å². The van der Waals surface area contributed by atoms with E-state index < -0.39 is 9.84 Å². The highest BCUT2D eigenvalue weighted by Crippen LogP contribution is 2.27. The molecule has 9 heteroatoms. The third-order valence-electron chi connectivity index (χ3n) is 4.15. The van der Waals surface area contributed by atoms with E-state index in [0.717, 1.165) is 10.0 Å². The van der Waals surface area contributed by atoms with Gasteiger partial charge in [0.2, 0.25) is 5.82 Å². The first-order valence-electron chi connectivity index (χ1n) is 8.50. The summed E-state index contributed by atoms with van der Waals surface area (Å²) in [6, 6.07) is 16.9. The Bertz CT molecular complexity index is 1230. The normalized spacial score (nSPS) is 11.5. The van der Waals surface area contributed by atoms with E-state index in [1.54, 1.807) is 24.3 Å². The Morgan fingerprint density at radius 3 is 2.41 bits per heavy atom. The van der Waals surface area contributed by atoms with Crippen molar-refractivity contribution in [1.82, 2.24) is 10.1 Å². The SMILES string of the molecule is COc1ccc(S(=O)(=O)Cc2ccc(-c3nc(-c4ccc(Br)cc4)no3)o2)cc1. The van der Waals surface area contributed by atoms with Crippen molar-refractivity contribution < 1.29 is 22.1 Å². The Hall–Kier alpha value is -2.91.